The van der Waals surface area contributed by atoms with Crippen LogP contribution in [0.15, 0.2) is 6.33 Å². The third-order valence-corrected chi connectivity index (χ3v) is 2.49. The molecule has 0 bridgehead atoms. The largest absolute Gasteiger partial charge is 0.329 e. The molecule has 0 amide bonds. The molecule has 0 fully saturated rings. The molecule has 1 heterocycles. The summed E-state index contributed by atoms with van der Waals surface area (Å²) in [5, 5.41) is 4.24. The van der Waals surface area contributed by atoms with E-state index in [-0.39, 0.29) is 0 Å². The van der Waals surface area contributed by atoms with Crippen molar-refractivity contribution in [3.63, 3.8) is 0 Å². The Balaban J connectivity index is 2.64. The third-order valence-electron chi connectivity index (χ3n) is 2.49. The Morgan fingerprint density at radius 1 is 1.44 bits per heavy atom. The van der Waals surface area contributed by atoms with E-state index in [0.29, 0.717) is 12.6 Å². The van der Waals surface area contributed by atoms with Crippen LogP contribution in [-0.4, -0.2) is 39.3 Å². The van der Waals surface area contributed by atoms with E-state index in [1.165, 1.54) is 0 Å². The van der Waals surface area contributed by atoms with Crippen LogP contribution in [0, 0.1) is 0 Å². The maximum absolute atomic E-state index is 5.60. The lowest BCUT2D eigenvalue weighted by molar-refractivity contribution is 0.258. The molecule has 5 heteroatoms. The van der Waals surface area contributed by atoms with Gasteiger partial charge in [0.05, 0.1) is 6.54 Å². The minimum atomic E-state index is 0.360. The van der Waals surface area contributed by atoms with Gasteiger partial charge in [-0.1, -0.05) is 6.92 Å². The molecule has 0 spiro atoms. The summed E-state index contributed by atoms with van der Waals surface area (Å²) in [4.78, 5) is 6.63. The van der Waals surface area contributed by atoms with Crippen molar-refractivity contribution in [2.24, 2.45) is 5.73 Å². The molecule has 0 aromatic carbocycles. The summed E-state index contributed by atoms with van der Waals surface area (Å²) in [5.74, 6) is 1.02. The zero-order valence-electron chi connectivity index (χ0n) is 10.6. The monoisotopic (exact) mass is 225 g/mol. The van der Waals surface area contributed by atoms with Crippen LogP contribution >= 0.6 is 0 Å². The van der Waals surface area contributed by atoms with E-state index in [9.17, 15) is 0 Å². The first-order valence-electron chi connectivity index (χ1n) is 5.99. The molecule has 0 aliphatic rings. The second kappa shape index (κ2) is 6.60. The minimum Gasteiger partial charge on any atom is -0.329 e. The standard InChI is InChI=1S/C11H23N5/c1-4-6-15(7-5-12)8-11-13-9-14-16(11)10(2)3/h9-10H,4-8,12H2,1-3H3. The zero-order chi connectivity index (χ0) is 12.0. The molecule has 92 valence electrons. The van der Waals surface area contributed by atoms with E-state index >= 15 is 0 Å². The predicted octanol–water partition coefficient (Wildman–Crippen LogP) is 1.03. The molecule has 5 nitrogen and oxygen atoms in total. The number of hydrogen-bond acceptors (Lipinski definition) is 4. The average Bonchev–Trinajstić information content (AvgIpc) is 2.66. The molecule has 0 saturated carbocycles. The number of hydrogen-bond donors (Lipinski definition) is 1. The molecule has 1 aromatic rings. The number of aromatic nitrogens is 3. The Hall–Kier alpha value is -0.940. The molecule has 0 radical (unpaired) electrons. The van der Waals surface area contributed by atoms with Crippen LogP contribution in [0.5, 0.6) is 0 Å². The maximum Gasteiger partial charge on any atom is 0.141 e. The first kappa shape index (κ1) is 13.1. The Labute approximate surface area is 97.6 Å². The molecule has 0 aliphatic heterocycles. The molecule has 1 aromatic heterocycles. The predicted molar refractivity (Wildman–Crippen MR) is 65.0 cm³/mol. The highest BCUT2D eigenvalue weighted by Crippen LogP contribution is 2.08. The third kappa shape index (κ3) is 3.57. The summed E-state index contributed by atoms with van der Waals surface area (Å²) < 4.78 is 1.97. The Morgan fingerprint density at radius 2 is 2.19 bits per heavy atom. The van der Waals surface area contributed by atoms with Gasteiger partial charge < -0.3 is 5.73 Å². The molecular weight excluding hydrogens is 202 g/mol. The highest BCUT2D eigenvalue weighted by atomic mass is 15.4. The second-order valence-electron chi connectivity index (χ2n) is 4.28. The zero-order valence-corrected chi connectivity index (χ0v) is 10.6. The second-order valence-corrected chi connectivity index (χ2v) is 4.28. The van der Waals surface area contributed by atoms with Gasteiger partial charge in [0.1, 0.15) is 12.2 Å². The maximum atomic E-state index is 5.60. The SMILES string of the molecule is CCCN(CCN)Cc1ncnn1C(C)C. The van der Waals surface area contributed by atoms with Crippen molar-refractivity contribution in [1.29, 1.82) is 0 Å². The lowest BCUT2D eigenvalue weighted by Gasteiger charge is -2.21. The van der Waals surface area contributed by atoms with Crippen LogP contribution in [0.2, 0.25) is 0 Å². The molecule has 1 rings (SSSR count). The van der Waals surface area contributed by atoms with E-state index in [2.05, 4.69) is 35.8 Å². The number of nitrogens with zero attached hydrogens (tertiary/aromatic N) is 4. The van der Waals surface area contributed by atoms with E-state index in [1.807, 2.05) is 4.68 Å². The molecule has 0 unspecified atom stereocenters. The van der Waals surface area contributed by atoms with Gasteiger partial charge in [-0.15, -0.1) is 0 Å². The van der Waals surface area contributed by atoms with Crippen molar-refractivity contribution >= 4 is 0 Å². The minimum absolute atomic E-state index is 0.360. The lowest BCUT2D eigenvalue weighted by Crippen LogP contribution is -2.31. The fraction of sp³-hybridized carbons (Fsp3) is 0.818. The van der Waals surface area contributed by atoms with Gasteiger partial charge in [0.2, 0.25) is 0 Å². The first-order valence-corrected chi connectivity index (χ1v) is 5.99. The van der Waals surface area contributed by atoms with Crippen LogP contribution in [0.1, 0.15) is 39.1 Å². The highest BCUT2D eigenvalue weighted by molar-refractivity contribution is 4.86. The van der Waals surface area contributed by atoms with Crippen LogP contribution in [0.4, 0.5) is 0 Å². The van der Waals surface area contributed by atoms with Gasteiger partial charge in [-0.05, 0) is 26.8 Å². The van der Waals surface area contributed by atoms with Gasteiger partial charge in [0, 0.05) is 19.1 Å². The Kier molecular flexibility index (Phi) is 5.42. The molecule has 0 saturated heterocycles. The first-order chi connectivity index (χ1) is 7.69. The van der Waals surface area contributed by atoms with E-state index < -0.39 is 0 Å². The molecule has 2 N–H and O–H groups in total. The van der Waals surface area contributed by atoms with Crippen LogP contribution in [-0.2, 0) is 6.54 Å². The van der Waals surface area contributed by atoms with E-state index in [4.69, 9.17) is 5.73 Å². The lowest BCUT2D eigenvalue weighted by atomic mass is 10.3. The van der Waals surface area contributed by atoms with Crippen molar-refractivity contribution in [2.75, 3.05) is 19.6 Å². The average molecular weight is 225 g/mol. The van der Waals surface area contributed by atoms with Crippen molar-refractivity contribution in [1.82, 2.24) is 19.7 Å². The van der Waals surface area contributed by atoms with Crippen LogP contribution in [0.25, 0.3) is 0 Å². The Morgan fingerprint density at radius 3 is 2.75 bits per heavy atom. The van der Waals surface area contributed by atoms with Gasteiger partial charge in [0.25, 0.3) is 0 Å². The summed E-state index contributed by atoms with van der Waals surface area (Å²) in [6, 6.07) is 0.360. The molecule has 0 atom stereocenters. The highest BCUT2D eigenvalue weighted by Gasteiger charge is 2.11. The summed E-state index contributed by atoms with van der Waals surface area (Å²) in [7, 11) is 0. The van der Waals surface area contributed by atoms with Gasteiger partial charge in [-0.3, -0.25) is 4.90 Å². The quantitative estimate of drug-likeness (QED) is 0.753. The molecular formula is C11H23N5. The van der Waals surface area contributed by atoms with Crippen molar-refractivity contribution in [2.45, 2.75) is 39.8 Å². The van der Waals surface area contributed by atoms with E-state index in [0.717, 1.165) is 31.9 Å². The van der Waals surface area contributed by atoms with Gasteiger partial charge in [0.15, 0.2) is 0 Å². The van der Waals surface area contributed by atoms with Crippen LogP contribution in [0.3, 0.4) is 0 Å². The smallest absolute Gasteiger partial charge is 0.141 e. The van der Waals surface area contributed by atoms with Crippen molar-refractivity contribution < 1.29 is 0 Å². The topological polar surface area (TPSA) is 60.0 Å². The molecule has 0 aliphatic carbocycles. The van der Waals surface area contributed by atoms with Crippen molar-refractivity contribution in [3.05, 3.63) is 12.2 Å². The van der Waals surface area contributed by atoms with Crippen LogP contribution < -0.4 is 5.73 Å². The normalized spacial score (nSPS) is 11.6. The van der Waals surface area contributed by atoms with Gasteiger partial charge >= 0.3 is 0 Å². The fourth-order valence-corrected chi connectivity index (χ4v) is 1.79. The summed E-state index contributed by atoms with van der Waals surface area (Å²) >= 11 is 0. The van der Waals surface area contributed by atoms with Gasteiger partial charge in [-0.25, -0.2) is 9.67 Å². The van der Waals surface area contributed by atoms with E-state index in [1.54, 1.807) is 6.33 Å². The summed E-state index contributed by atoms with van der Waals surface area (Å²) in [5.41, 5.74) is 5.60. The molecule has 16 heavy (non-hydrogen) atoms. The number of nitrogens with two attached hydrogens (primary N) is 1. The summed E-state index contributed by atoms with van der Waals surface area (Å²) in [6.07, 6.45) is 2.76. The fourth-order valence-electron chi connectivity index (χ4n) is 1.79. The Bertz CT molecular complexity index is 288. The number of rotatable bonds is 7. The summed E-state index contributed by atoms with van der Waals surface area (Å²) in [6.45, 7) is 9.91. The van der Waals surface area contributed by atoms with Crippen molar-refractivity contribution in [3.8, 4) is 0 Å². The van der Waals surface area contributed by atoms with Gasteiger partial charge in [-0.2, -0.15) is 5.10 Å².